The van der Waals surface area contributed by atoms with Crippen molar-refractivity contribution in [3.05, 3.63) is 103 Å². The van der Waals surface area contributed by atoms with Crippen LogP contribution in [0.2, 0.25) is 0 Å². The van der Waals surface area contributed by atoms with Gasteiger partial charge in [-0.3, -0.25) is 0 Å². The van der Waals surface area contributed by atoms with Crippen molar-refractivity contribution < 1.29 is 4.89 Å². The summed E-state index contributed by atoms with van der Waals surface area (Å²) in [7, 11) is -0.212. The second kappa shape index (κ2) is 7.20. The predicted octanol–water partition coefficient (Wildman–Crippen LogP) is 6.54. The highest BCUT2D eigenvalue weighted by atomic mass is 31.1. The molecule has 28 heavy (non-hydrogen) atoms. The van der Waals surface area contributed by atoms with Gasteiger partial charge >= 0.3 is 0 Å². The molecule has 0 saturated carbocycles. The normalized spacial score (nSPS) is 11.6. The lowest BCUT2D eigenvalue weighted by Crippen LogP contribution is -1.96. The molecule has 1 N–H and O–H groups in total. The van der Waals surface area contributed by atoms with E-state index in [0.717, 1.165) is 5.30 Å². The zero-order valence-corrected chi connectivity index (χ0v) is 16.3. The molecule has 5 aromatic rings. The Labute approximate surface area is 166 Å². The van der Waals surface area contributed by atoms with Crippen LogP contribution < -0.4 is 5.30 Å². The van der Waals surface area contributed by atoms with Gasteiger partial charge in [0, 0.05) is 8.81 Å². The number of fused-ring (bicyclic) bond motifs is 2. The molecule has 0 heterocycles. The zero-order valence-electron chi connectivity index (χ0n) is 15.3. The lowest BCUT2D eigenvalue weighted by atomic mass is 9.86. The molecule has 5 rings (SSSR count). The summed E-state index contributed by atoms with van der Waals surface area (Å²) < 4.78 is 0. The summed E-state index contributed by atoms with van der Waals surface area (Å²) in [6.07, 6.45) is 0. The van der Waals surface area contributed by atoms with E-state index in [1.165, 1.54) is 43.8 Å². The number of hydrogen-bond donors (Lipinski definition) is 1. The molecule has 0 aliphatic rings. The van der Waals surface area contributed by atoms with Crippen molar-refractivity contribution in [1.82, 2.24) is 0 Å². The van der Waals surface area contributed by atoms with Gasteiger partial charge in [0.2, 0.25) is 0 Å². The number of hydrogen-bond acceptors (Lipinski definition) is 1. The molecule has 0 radical (unpaired) electrons. The summed E-state index contributed by atoms with van der Waals surface area (Å²) in [5, 5.41) is 5.84. The first-order valence-electron chi connectivity index (χ1n) is 9.36. The summed E-state index contributed by atoms with van der Waals surface area (Å²) in [5.74, 6) is 0. The third-order valence-electron chi connectivity index (χ3n) is 5.28. The van der Waals surface area contributed by atoms with Crippen molar-refractivity contribution in [2.24, 2.45) is 0 Å². The van der Waals surface area contributed by atoms with E-state index >= 15 is 0 Å². The van der Waals surface area contributed by atoms with Gasteiger partial charge in [-0.1, -0.05) is 97.1 Å². The topological polar surface area (TPSA) is 20.2 Å². The summed E-state index contributed by atoms with van der Waals surface area (Å²) in [4.78, 5) is 9.79. The molecule has 1 nitrogen and oxygen atoms in total. The van der Waals surface area contributed by atoms with Crippen molar-refractivity contribution in [3.8, 4) is 22.3 Å². The summed E-state index contributed by atoms with van der Waals surface area (Å²) in [6, 6.07) is 36.1. The van der Waals surface area contributed by atoms with Crippen LogP contribution in [0, 0.1) is 0 Å². The lowest BCUT2D eigenvalue weighted by molar-refractivity contribution is 0.655. The van der Waals surface area contributed by atoms with Gasteiger partial charge in [-0.05, 0) is 55.2 Å². The van der Waals surface area contributed by atoms with Gasteiger partial charge in [0.15, 0.2) is 0 Å². The number of benzene rings is 5. The van der Waals surface area contributed by atoms with Gasteiger partial charge in [-0.25, -0.2) is 0 Å². The van der Waals surface area contributed by atoms with E-state index < -0.39 is 0 Å². The smallest absolute Gasteiger partial charge is 0.0420 e. The second-order valence-corrected chi connectivity index (χ2v) is 7.70. The van der Waals surface area contributed by atoms with Crippen molar-refractivity contribution in [2.75, 3.05) is 0 Å². The fourth-order valence-corrected chi connectivity index (χ4v) is 4.45. The minimum atomic E-state index is -0.212. The Kier molecular flexibility index (Phi) is 4.41. The molecule has 0 spiro atoms. The molecule has 1 unspecified atom stereocenters. The molecule has 0 aromatic heterocycles. The minimum absolute atomic E-state index is 0.212. The van der Waals surface area contributed by atoms with Gasteiger partial charge in [0.25, 0.3) is 0 Å². The standard InChI is InChI=1S/C26H19OP/c27-28-20-15-16-23-24(17-20)26(19-11-5-2-6-12-19)22-14-8-7-13-21(22)25(23)18-9-3-1-4-10-18/h1-17,27-28H. The molecule has 0 aliphatic heterocycles. The van der Waals surface area contributed by atoms with E-state index in [1.807, 2.05) is 12.1 Å². The van der Waals surface area contributed by atoms with Crippen LogP contribution in [0.4, 0.5) is 0 Å². The Balaban J connectivity index is 2.02. The van der Waals surface area contributed by atoms with Crippen LogP contribution in [0.3, 0.4) is 0 Å². The Morgan fingerprint density at radius 1 is 0.464 bits per heavy atom. The monoisotopic (exact) mass is 378 g/mol. The molecule has 0 aliphatic carbocycles. The van der Waals surface area contributed by atoms with E-state index in [9.17, 15) is 4.89 Å². The highest BCUT2D eigenvalue weighted by molar-refractivity contribution is 7.40. The summed E-state index contributed by atoms with van der Waals surface area (Å²) >= 11 is 0. The third-order valence-corrected chi connectivity index (χ3v) is 5.85. The van der Waals surface area contributed by atoms with E-state index in [0.29, 0.717) is 0 Å². The molecule has 0 bridgehead atoms. The molecular weight excluding hydrogens is 359 g/mol. The first-order valence-corrected chi connectivity index (χ1v) is 10.3. The fourth-order valence-electron chi connectivity index (χ4n) is 4.08. The second-order valence-electron chi connectivity index (χ2n) is 6.90. The molecule has 2 heteroatoms. The predicted molar refractivity (Wildman–Crippen MR) is 122 cm³/mol. The van der Waals surface area contributed by atoms with Crippen LogP contribution in [-0.2, 0) is 0 Å². The Bertz CT molecular complexity index is 1280. The van der Waals surface area contributed by atoms with Crippen LogP contribution >= 0.6 is 8.81 Å². The average Bonchev–Trinajstić information content (AvgIpc) is 2.78. The van der Waals surface area contributed by atoms with E-state index in [-0.39, 0.29) is 8.81 Å². The molecule has 1 atom stereocenters. The summed E-state index contributed by atoms with van der Waals surface area (Å²) in [5.41, 5.74) is 4.88. The maximum absolute atomic E-state index is 9.79. The Morgan fingerprint density at radius 3 is 1.46 bits per heavy atom. The van der Waals surface area contributed by atoms with Crippen LogP contribution in [0.25, 0.3) is 43.8 Å². The van der Waals surface area contributed by atoms with Gasteiger partial charge < -0.3 is 4.89 Å². The van der Waals surface area contributed by atoms with Crippen LogP contribution in [-0.4, -0.2) is 4.89 Å². The SMILES string of the molecule is OPc1ccc2c(-c3ccccc3)c3ccccc3c(-c3ccccc3)c2c1. The average molecular weight is 378 g/mol. The Hall–Kier alpha value is -2.99. The van der Waals surface area contributed by atoms with Crippen LogP contribution in [0.15, 0.2) is 103 Å². The maximum Gasteiger partial charge on any atom is 0.0420 e. The minimum Gasteiger partial charge on any atom is -0.372 e. The van der Waals surface area contributed by atoms with Crippen molar-refractivity contribution in [2.45, 2.75) is 0 Å². The molecule has 0 saturated heterocycles. The highest BCUT2D eigenvalue weighted by Gasteiger charge is 2.16. The van der Waals surface area contributed by atoms with Gasteiger partial charge in [-0.15, -0.1) is 0 Å². The zero-order chi connectivity index (χ0) is 18.9. The van der Waals surface area contributed by atoms with E-state index in [2.05, 4.69) is 91.0 Å². The van der Waals surface area contributed by atoms with Crippen LogP contribution in [0.1, 0.15) is 0 Å². The number of rotatable bonds is 3. The molecule has 0 amide bonds. The maximum atomic E-state index is 9.79. The first-order chi connectivity index (χ1) is 13.9. The third kappa shape index (κ3) is 2.81. The summed E-state index contributed by atoms with van der Waals surface area (Å²) in [6.45, 7) is 0. The lowest BCUT2D eigenvalue weighted by Gasteiger charge is -2.18. The van der Waals surface area contributed by atoms with Crippen molar-refractivity contribution in [1.29, 1.82) is 0 Å². The van der Waals surface area contributed by atoms with Crippen molar-refractivity contribution >= 4 is 35.7 Å². The van der Waals surface area contributed by atoms with Gasteiger partial charge in [0.1, 0.15) is 0 Å². The highest BCUT2D eigenvalue weighted by Crippen LogP contribution is 2.43. The Morgan fingerprint density at radius 2 is 0.929 bits per heavy atom. The largest absolute Gasteiger partial charge is 0.372 e. The van der Waals surface area contributed by atoms with E-state index in [1.54, 1.807) is 0 Å². The molecule has 0 fully saturated rings. The molecule has 134 valence electrons. The van der Waals surface area contributed by atoms with Gasteiger partial charge in [-0.2, -0.15) is 0 Å². The van der Waals surface area contributed by atoms with E-state index in [4.69, 9.17) is 0 Å². The first kappa shape index (κ1) is 17.1. The van der Waals surface area contributed by atoms with Crippen LogP contribution in [0.5, 0.6) is 0 Å². The molecular formula is C26H19OP. The van der Waals surface area contributed by atoms with Crippen molar-refractivity contribution in [3.63, 3.8) is 0 Å². The molecule has 5 aromatic carbocycles. The quantitative estimate of drug-likeness (QED) is 0.279. The van der Waals surface area contributed by atoms with Gasteiger partial charge in [0.05, 0.1) is 0 Å². The fraction of sp³-hybridized carbons (Fsp3) is 0.